The molecule has 0 amide bonds. The second-order valence-corrected chi connectivity index (χ2v) is 4.79. The minimum atomic E-state index is -0.802. The molecule has 0 aromatic heterocycles. The van der Waals surface area contributed by atoms with Gasteiger partial charge in [-0.1, -0.05) is 22.9 Å². The molecule has 0 fully saturated rings. The van der Waals surface area contributed by atoms with Crippen molar-refractivity contribution in [3.8, 4) is 11.5 Å². The second-order valence-electron chi connectivity index (χ2n) is 3.93. The summed E-state index contributed by atoms with van der Waals surface area (Å²) >= 11 is 3.45. The van der Waals surface area contributed by atoms with Gasteiger partial charge in [-0.05, 0) is 30.0 Å². The van der Waals surface area contributed by atoms with E-state index in [4.69, 9.17) is 14.6 Å². The molecule has 100 valence electrons. The normalized spacial score (nSPS) is 12.0. The lowest BCUT2D eigenvalue weighted by Crippen LogP contribution is -2.07. The number of ether oxygens (including phenoxy) is 2. The largest absolute Gasteiger partial charge is 0.493 e. The number of hydrogen-bond donors (Lipinski definition) is 1. The quantitative estimate of drug-likeness (QED) is 0.873. The van der Waals surface area contributed by atoms with Crippen molar-refractivity contribution in [3.05, 3.63) is 22.2 Å². The average Bonchev–Trinajstić information content (AvgIpc) is 2.35. The Balaban J connectivity index is 3.18. The summed E-state index contributed by atoms with van der Waals surface area (Å²) in [5.41, 5.74) is 0.928. The van der Waals surface area contributed by atoms with E-state index in [-0.39, 0.29) is 12.3 Å². The second kappa shape index (κ2) is 6.64. The molecule has 0 bridgehead atoms. The van der Waals surface area contributed by atoms with Crippen molar-refractivity contribution in [3.63, 3.8) is 0 Å². The van der Waals surface area contributed by atoms with E-state index < -0.39 is 5.97 Å². The highest BCUT2D eigenvalue weighted by atomic mass is 79.9. The van der Waals surface area contributed by atoms with Crippen LogP contribution in [0.25, 0.3) is 0 Å². The van der Waals surface area contributed by atoms with Crippen molar-refractivity contribution >= 4 is 21.9 Å². The van der Waals surface area contributed by atoms with Crippen LogP contribution in [0.3, 0.4) is 0 Å². The number of benzene rings is 1. The molecular formula is C13H17BrO4. The molecule has 1 aromatic carbocycles. The maximum absolute atomic E-state index is 10.9. The van der Waals surface area contributed by atoms with Crippen LogP contribution in [0.2, 0.25) is 0 Å². The molecule has 1 atom stereocenters. The zero-order chi connectivity index (χ0) is 13.7. The van der Waals surface area contributed by atoms with Crippen molar-refractivity contribution < 1.29 is 19.4 Å². The van der Waals surface area contributed by atoms with Gasteiger partial charge in [0.15, 0.2) is 11.5 Å². The van der Waals surface area contributed by atoms with Crippen LogP contribution in [0, 0.1) is 0 Å². The summed E-state index contributed by atoms with van der Waals surface area (Å²) in [7, 11) is 3.13. The predicted molar refractivity (Wildman–Crippen MR) is 72.5 cm³/mol. The molecule has 0 spiro atoms. The lowest BCUT2D eigenvalue weighted by Gasteiger charge is -2.17. The van der Waals surface area contributed by atoms with E-state index in [2.05, 4.69) is 15.9 Å². The van der Waals surface area contributed by atoms with Crippen molar-refractivity contribution in [2.75, 3.05) is 14.2 Å². The van der Waals surface area contributed by atoms with Crippen molar-refractivity contribution in [2.24, 2.45) is 0 Å². The standard InChI is InChI=1S/C13H17BrO4/c1-4-8(5-13(15)16)9-6-11(17-2)12(18-3)7-10(9)14/h6-8H,4-5H2,1-3H3,(H,15,16). The van der Waals surface area contributed by atoms with E-state index in [1.165, 1.54) is 0 Å². The molecule has 5 heteroatoms. The molecule has 0 saturated heterocycles. The van der Waals surface area contributed by atoms with Gasteiger partial charge in [-0.2, -0.15) is 0 Å². The fourth-order valence-electron chi connectivity index (χ4n) is 1.87. The first-order valence-corrected chi connectivity index (χ1v) is 6.45. The van der Waals surface area contributed by atoms with Gasteiger partial charge in [-0.15, -0.1) is 0 Å². The van der Waals surface area contributed by atoms with Crippen LogP contribution in [-0.2, 0) is 4.79 Å². The van der Waals surface area contributed by atoms with Gasteiger partial charge in [0, 0.05) is 4.47 Å². The van der Waals surface area contributed by atoms with Gasteiger partial charge in [0.1, 0.15) is 0 Å². The summed E-state index contributed by atoms with van der Waals surface area (Å²) in [5.74, 6) is 0.387. The summed E-state index contributed by atoms with van der Waals surface area (Å²) in [6.07, 6.45) is 0.852. The highest BCUT2D eigenvalue weighted by Gasteiger charge is 2.19. The molecule has 0 aliphatic heterocycles. The molecule has 0 saturated carbocycles. The third-order valence-electron chi connectivity index (χ3n) is 2.86. The molecule has 18 heavy (non-hydrogen) atoms. The summed E-state index contributed by atoms with van der Waals surface area (Å²) in [4.78, 5) is 10.9. The van der Waals surface area contributed by atoms with Crippen LogP contribution in [0.15, 0.2) is 16.6 Å². The van der Waals surface area contributed by atoms with E-state index >= 15 is 0 Å². The van der Waals surface area contributed by atoms with Crippen molar-refractivity contribution in [2.45, 2.75) is 25.7 Å². The Morgan fingerprint density at radius 2 is 1.89 bits per heavy atom. The maximum Gasteiger partial charge on any atom is 0.303 e. The summed E-state index contributed by atoms with van der Waals surface area (Å²) in [6, 6.07) is 3.64. The molecule has 0 aliphatic rings. The summed E-state index contributed by atoms with van der Waals surface area (Å²) in [5, 5.41) is 8.92. The van der Waals surface area contributed by atoms with Crippen LogP contribution in [0.5, 0.6) is 11.5 Å². The number of hydrogen-bond acceptors (Lipinski definition) is 3. The number of rotatable bonds is 6. The smallest absolute Gasteiger partial charge is 0.303 e. The Bertz CT molecular complexity index is 431. The van der Waals surface area contributed by atoms with Gasteiger partial charge in [0.05, 0.1) is 20.6 Å². The molecular weight excluding hydrogens is 300 g/mol. The van der Waals surface area contributed by atoms with Gasteiger partial charge in [0.25, 0.3) is 0 Å². The first kappa shape index (κ1) is 14.8. The first-order chi connectivity index (χ1) is 8.53. The number of carbonyl (C=O) groups is 1. The number of carboxylic acid groups (broad SMARTS) is 1. The molecule has 0 radical (unpaired) electrons. The maximum atomic E-state index is 10.9. The Kier molecular flexibility index (Phi) is 5.47. The van der Waals surface area contributed by atoms with E-state index in [9.17, 15) is 4.79 Å². The Labute approximate surface area is 115 Å². The molecule has 1 unspecified atom stereocenters. The number of methoxy groups -OCH3 is 2. The average molecular weight is 317 g/mol. The van der Waals surface area contributed by atoms with Gasteiger partial charge >= 0.3 is 5.97 Å². The van der Waals surface area contributed by atoms with Crippen molar-refractivity contribution in [1.29, 1.82) is 0 Å². The summed E-state index contributed by atoms with van der Waals surface area (Å²) < 4.78 is 11.3. The van der Waals surface area contributed by atoms with Crippen molar-refractivity contribution in [1.82, 2.24) is 0 Å². The zero-order valence-corrected chi connectivity index (χ0v) is 12.3. The molecule has 0 aliphatic carbocycles. The third kappa shape index (κ3) is 3.38. The van der Waals surface area contributed by atoms with Crippen LogP contribution < -0.4 is 9.47 Å². The third-order valence-corrected chi connectivity index (χ3v) is 3.54. The monoisotopic (exact) mass is 316 g/mol. The zero-order valence-electron chi connectivity index (χ0n) is 10.7. The lowest BCUT2D eigenvalue weighted by atomic mass is 9.93. The Morgan fingerprint density at radius 3 is 2.33 bits per heavy atom. The number of carboxylic acids is 1. The molecule has 1 aromatic rings. The molecule has 1 N–H and O–H groups in total. The highest BCUT2D eigenvalue weighted by molar-refractivity contribution is 9.10. The van der Waals surface area contributed by atoms with Gasteiger partial charge in [-0.25, -0.2) is 0 Å². The number of aliphatic carboxylic acids is 1. The van der Waals surface area contributed by atoms with E-state index in [1.54, 1.807) is 20.3 Å². The van der Waals surface area contributed by atoms with Crippen LogP contribution in [0.1, 0.15) is 31.2 Å². The Hall–Kier alpha value is -1.23. The SMILES string of the molecule is CCC(CC(=O)O)c1cc(OC)c(OC)cc1Br. The predicted octanol–water partition coefficient (Wildman–Crippen LogP) is 3.43. The van der Waals surface area contributed by atoms with Crippen LogP contribution in [-0.4, -0.2) is 25.3 Å². The van der Waals surface area contributed by atoms with Crippen LogP contribution in [0.4, 0.5) is 0 Å². The van der Waals surface area contributed by atoms with E-state index in [1.807, 2.05) is 13.0 Å². The fraction of sp³-hybridized carbons (Fsp3) is 0.462. The minimum absolute atomic E-state index is 0.0447. The van der Waals surface area contributed by atoms with Gasteiger partial charge < -0.3 is 14.6 Å². The minimum Gasteiger partial charge on any atom is -0.493 e. The van der Waals surface area contributed by atoms with Gasteiger partial charge in [0.2, 0.25) is 0 Å². The molecule has 1 rings (SSSR count). The number of halogens is 1. The first-order valence-electron chi connectivity index (χ1n) is 5.66. The lowest BCUT2D eigenvalue weighted by molar-refractivity contribution is -0.137. The van der Waals surface area contributed by atoms with E-state index in [0.717, 1.165) is 16.5 Å². The molecule has 4 nitrogen and oxygen atoms in total. The topological polar surface area (TPSA) is 55.8 Å². The Morgan fingerprint density at radius 1 is 1.33 bits per heavy atom. The van der Waals surface area contributed by atoms with E-state index in [0.29, 0.717) is 11.5 Å². The van der Waals surface area contributed by atoms with Gasteiger partial charge in [-0.3, -0.25) is 4.79 Å². The highest BCUT2D eigenvalue weighted by Crippen LogP contribution is 2.38. The fourth-order valence-corrected chi connectivity index (χ4v) is 2.51. The molecule has 0 heterocycles. The van der Waals surface area contributed by atoms with Crippen LogP contribution >= 0.6 is 15.9 Å². The summed E-state index contributed by atoms with van der Waals surface area (Å²) in [6.45, 7) is 1.97.